The Labute approximate surface area is 94.0 Å². The van der Waals surface area contributed by atoms with E-state index < -0.39 is 0 Å². The molecule has 70 valence electrons. The summed E-state index contributed by atoms with van der Waals surface area (Å²) < 4.78 is 1.91. The summed E-state index contributed by atoms with van der Waals surface area (Å²) in [7, 11) is 0. The second-order valence-electron chi connectivity index (χ2n) is 2.53. The third-order valence-corrected chi connectivity index (χ3v) is 3.40. The number of carbonyl (C=O) groups excluding carboxylic acids is 1. The zero-order chi connectivity index (χ0) is 9.84. The molecule has 0 radical (unpaired) electrons. The number of amides is 1. The van der Waals surface area contributed by atoms with Crippen LogP contribution in [-0.2, 0) is 4.79 Å². The highest BCUT2D eigenvalue weighted by atomic mass is 79.9. The van der Waals surface area contributed by atoms with Gasteiger partial charge in [-0.2, -0.15) is 0 Å². The smallest absolute Gasteiger partial charge is 0.224 e. The second kappa shape index (κ2) is 4.77. The number of hydrogen-bond acceptors (Lipinski definition) is 1. The third-order valence-electron chi connectivity index (χ3n) is 1.52. The van der Waals surface area contributed by atoms with Crippen LogP contribution >= 0.6 is 31.9 Å². The summed E-state index contributed by atoms with van der Waals surface area (Å²) in [5, 5.41) is 2.77. The first-order valence-electron chi connectivity index (χ1n) is 3.88. The molecular weight excluding hydrogens is 298 g/mol. The molecule has 1 rings (SSSR count). The number of nitrogens with one attached hydrogen (secondary N) is 1. The van der Waals surface area contributed by atoms with Crippen molar-refractivity contribution in [1.29, 1.82) is 0 Å². The van der Waals surface area contributed by atoms with Gasteiger partial charge in [-0.3, -0.25) is 4.79 Å². The zero-order valence-corrected chi connectivity index (χ0v) is 10.3. The zero-order valence-electron chi connectivity index (χ0n) is 7.10. The van der Waals surface area contributed by atoms with E-state index in [-0.39, 0.29) is 5.91 Å². The second-order valence-corrected chi connectivity index (χ2v) is 4.24. The Kier molecular flexibility index (Phi) is 3.93. The van der Waals surface area contributed by atoms with E-state index >= 15 is 0 Å². The van der Waals surface area contributed by atoms with Gasteiger partial charge in [-0.15, -0.1) is 0 Å². The van der Waals surface area contributed by atoms with E-state index in [4.69, 9.17) is 0 Å². The predicted octanol–water partition coefficient (Wildman–Crippen LogP) is 3.56. The molecule has 2 nitrogen and oxygen atoms in total. The van der Waals surface area contributed by atoms with Gasteiger partial charge >= 0.3 is 0 Å². The highest BCUT2D eigenvalue weighted by Gasteiger charge is 2.01. The molecule has 1 aromatic carbocycles. The van der Waals surface area contributed by atoms with E-state index in [0.29, 0.717) is 6.42 Å². The van der Waals surface area contributed by atoms with E-state index in [1.54, 1.807) is 0 Å². The SMILES string of the molecule is CCC(=O)Nc1ccc(Br)c(Br)c1. The van der Waals surface area contributed by atoms with Gasteiger partial charge in [-0.1, -0.05) is 6.92 Å². The quantitative estimate of drug-likeness (QED) is 0.889. The first-order chi connectivity index (χ1) is 6.13. The van der Waals surface area contributed by atoms with Crippen LogP contribution in [0.2, 0.25) is 0 Å². The average Bonchev–Trinajstić information content (AvgIpc) is 2.11. The van der Waals surface area contributed by atoms with Crippen LogP contribution < -0.4 is 5.32 Å². The average molecular weight is 307 g/mol. The lowest BCUT2D eigenvalue weighted by Crippen LogP contribution is -2.09. The molecule has 0 aliphatic carbocycles. The van der Waals surface area contributed by atoms with Crippen molar-refractivity contribution in [3.8, 4) is 0 Å². The molecule has 0 aromatic heterocycles. The fourth-order valence-electron chi connectivity index (χ4n) is 0.823. The number of benzene rings is 1. The van der Waals surface area contributed by atoms with Crippen molar-refractivity contribution in [1.82, 2.24) is 0 Å². The Morgan fingerprint density at radius 1 is 1.38 bits per heavy atom. The molecule has 0 aliphatic heterocycles. The molecule has 13 heavy (non-hydrogen) atoms. The number of anilines is 1. The molecule has 0 aliphatic rings. The predicted molar refractivity (Wildman–Crippen MR) is 60.8 cm³/mol. The molecule has 0 atom stereocenters. The maximum Gasteiger partial charge on any atom is 0.224 e. The molecule has 0 fully saturated rings. The van der Waals surface area contributed by atoms with Crippen molar-refractivity contribution in [2.75, 3.05) is 5.32 Å². The number of rotatable bonds is 2. The van der Waals surface area contributed by atoms with Gasteiger partial charge in [0.05, 0.1) is 0 Å². The summed E-state index contributed by atoms with van der Waals surface area (Å²) in [6.45, 7) is 1.82. The standard InChI is InChI=1S/C9H9Br2NO/c1-2-9(13)12-6-3-4-7(10)8(11)5-6/h3-5H,2H2,1H3,(H,12,13). The van der Waals surface area contributed by atoms with Gasteiger partial charge in [0.25, 0.3) is 0 Å². The van der Waals surface area contributed by atoms with Crippen molar-refractivity contribution in [2.45, 2.75) is 13.3 Å². The highest BCUT2D eigenvalue weighted by molar-refractivity contribution is 9.13. The molecule has 0 spiro atoms. The fraction of sp³-hybridized carbons (Fsp3) is 0.222. The van der Waals surface area contributed by atoms with Crippen molar-refractivity contribution in [3.05, 3.63) is 27.1 Å². The van der Waals surface area contributed by atoms with E-state index in [1.807, 2.05) is 25.1 Å². The van der Waals surface area contributed by atoms with E-state index in [0.717, 1.165) is 14.6 Å². The lowest BCUT2D eigenvalue weighted by atomic mass is 10.3. The summed E-state index contributed by atoms with van der Waals surface area (Å²) in [5.41, 5.74) is 0.807. The first kappa shape index (κ1) is 10.7. The van der Waals surface area contributed by atoms with Crippen LogP contribution in [0, 0.1) is 0 Å². The topological polar surface area (TPSA) is 29.1 Å². The molecule has 0 saturated heterocycles. The summed E-state index contributed by atoms with van der Waals surface area (Å²) in [5.74, 6) is 0.0224. The molecule has 1 aromatic rings. The summed E-state index contributed by atoms with van der Waals surface area (Å²) in [6.07, 6.45) is 0.494. The van der Waals surface area contributed by atoms with Crippen molar-refractivity contribution in [2.24, 2.45) is 0 Å². The van der Waals surface area contributed by atoms with Gasteiger partial charge in [0.1, 0.15) is 0 Å². The van der Waals surface area contributed by atoms with Gasteiger partial charge in [0.15, 0.2) is 0 Å². The van der Waals surface area contributed by atoms with Crippen LogP contribution in [-0.4, -0.2) is 5.91 Å². The van der Waals surface area contributed by atoms with Crippen LogP contribution in [0.4, 0.5) is 5.69 Å². The van der Waals surface area contributed by atoms with Crippen LogP contribution in [0.15, 0.2) is 27.1 Å². The van der Waals surface area contributed by atoms with Crippen LogP contribution in [0.3, 0.4) is 0 Å². The minimum atomic E-state index is 0.0224. The largest absolute Gasteiger partial charge is 0.326 e. The Bertz CT molecular complexity index is 325. The maximum atomic E-state index is 11.0. The minimum Gasteiger partial charge on any atom is -0.326 e. The fourth-order valence-corrected chi connectivity index (χ4v) is 1.45. The van der Waals surface area contributed by atoms with E-state index in [2.05, 4.69) is 37.2 Å². The lowest BCUT2D eigenvalue weighted by molar-refractivity contribution is -0.115. The van der Waals surface area contributed by atoms with Crippen molar-refractivity contribution < 1.29 is 4.79 Å². The number of carbonyl (C=O) groups is 1. The molecule has 1 amide bonds. The number of hydrogen-bond donors (Lipinski definition) is 1. The van der Waals surface area contributed by atoms with Gasteiger partial charge < -0.3 is 5.32 Å². The summed E-state index contributed by atoms with van der Waals surface area (Å²) >= 11 is 6.71. The van der Waals surface area contributed by atoms with E-state index in [9.17, 15) is 4.79 Å². The minimum absolute atomic E-state index is 0.0224. The molecule has 4 heteroatoms. The first-order valence-corrected chi connectivity index (χ1v) is 5.47. The molecule has 1 N–H and O–H groups in total. The highest BCUT2D eigenvalue weighted by Crippen LogP contribution is 2.25. The number of halogens is 2. The molecule has 0 bridgehead atoms. The van der Waals surface area contributed by atoms with Crippen LogP contribution in [0.25, 0.3) is 0 Å². The summed E-state index contributed by atoms with van der Waals surface area (Å²) in [6, 6.07) is 5.59. The van der Waals surface area contributed by atoms with E-state index in [1.165, 1.54) is 0 Å². The molecule has 0 unspecified atom stereocenters. The third kappa shape index (κ3) is 3.12. The van der Waals surface area contributed by atoms with Gasteiger partial charge in [0.2, 0.25) is 5.91 Å². The van der Waals surface area contributed by atoms with Gasteiger partial charge in [-0.25, -0.2) is 0 Å². The van der Waals surface area contributed by atoms with Crippen molar-refractivity contribution >= 4 is 43.5 Å². The summed E-state index contributed by atoms with van der Waals surface area (Å²) in [4.78, 5) is 11.0. The Balaban J connectivity index is 2.79. The van der Waals surface area contributed by atoms with Crippen LogP contribution in [0.1, 0.15) is 13.3 Å². The van der Waals surface area contributed by atoms with Gasteiger partial charge in [0, 0.05) is 21.1 Å². The lowest BCUT2D eigenvalue weighted by Gasteiger charge is -2.04. The monoisotopic (exact) mass is 305 g/mol. The normalized spacial score (nSPS) is 9.77. The molecular formula is C9H9Br2NO. The Morgan fingerprint density at radius 3 is 2.62 bits per heavy atom. The van der Waals surface area contributed by atoms with Crippen LogP contribution in [0.5, 0.6) is 0 Å². The maximum absolute atomic E-state index is 11.0. The van der Waals surface area contributed by atoms with Gasteiger partial charge in [-0.05, 0) is 50.1 Å². The van der Waals surface area contributed by atoms with Crippen molar-refractivity contribution in [3.63, 3.8) is 0 Å². The molecule has 0 heterocycles. The Morgan fingerprint density at radius 2 is 2.08 bits per heavy atom. The molecule has 0 saturated carbocycles. The Hall–Kier alpha value is -0.350.